The van der Waals surface area contributed by atoms with Crippen LogP contribution in [0.2, 0.25) is 5.02 Å². The van der Waals surface area contributed by atoms with E-state index in [-0.39, 0.29) is 17.7 Å². The Labute approximate surface area is 156 Å². The molecule has 1 N–H and O–H groups in total. The van der Waals surface area contributed by atoms with Crippen LogP contribution in [0.3, 0.4) is 0 Å². The minimum absolute atomic E-state index is 0.108. The van der Waals surface area contributed by atoms with Crippen LogP contribution in [0, 0.1) is 0 Å². The van der Waals surface area contributed by atoms with Crippen molar-refractivity contribution in [3.05, 3.63) is 64.7 Å². The van der Waals surface area contributed by atoms with E-state index in [9.17, 15) is 13.6 Å². The third kappa shape index (κ3) is 5.97. The molecule has 0 bridgehead atoms. The molecule has 2 aromatic rings. The van der Waals surface area contributed by atoms with Crippen LogP contribution < -0.4 is 10.1 Å². The Bertz CT molecular complexity index is 726. The predicted octanol–water partition coefficient (Wildman–Crippen LogP) is 4.08. The molecule has 0 aromatic heterocycles. The highest BCUT2D eigenvalue weighted by Gasteiger charge is 2.18. The van der Waals surface area contributed by atoms with Gasteiger partial charge in [-0.25, -0.2) is 0 Å². The monoisotopic (exact) mass is 382 g/mol. The molecule has 0 aliphatic rings. The highest BCUT2D eigenvalue weighted by Crippen LogP contribution is 2.17. The van der Waals surface area contributed by atoms with Crippen molar-refractivity contribution in [1.82, 2.24) is 10.2 Å². The zero-order valence-electron chi connectivity index (χ0n) is 14.6. The molecular formula is C19H21ClF2N2O2. The van der Waals surface area contributed by atoms with Crippen molar-refractivity contribution in [3.8, 4) is 5.75 Å². The number of rotatable bonds is 8. The number of ether oxygens (including phenoxy) is 1. The molecule has 26 heavy (non-hydrogen) atoms. The Morgan fingerprint density at radius 1 is 1.19 bits per heavy atom. The highest BCUT2D eigenvalue weighted by molar-refractivity contribution is 6.31. The van der Waals surface area contributed by atoms with Crippen molar-refractivity contribution in [2.45, 2.75) is 32.7 Å². The fraction of sp³-hybridized carbons (Fsp3) is 0.316. The highest BCUT2D eigenvalue weighted by atomic mass is 35.5. The van der Waals surface area contributed by atoms with Crippen LogP contribution in [-0.2, 0) is 17.9 Å². The van der Waals surface area contributed by atoms with Gasteiger partial charge in [-0.05, 0) is 43.3 Å². The summed E-state index contributed by atoms with van der Waals surface area (Å²) < 4.78 is 28.6. The van der Waals surface area contributed by atoms with Crippen molar-refractivity contribution < 1.29 is 18.3 Å². The van der Waals surface area contributed by atoms with Crippen molar-refractivity contribution >= 4 is 17.5 Å². The van der Waals surface area contributed by atoms with Crippen molar-refractivity contribution in [1.29, 1.82) is 0 Å². The number of alkyl halides is 2. The molecule has 7 heteroatoms. The normalized spacial score (nSPS) is 12.3. The number of hydrogen-bond donors (Lipinski definition) is 1. The molecule has 1 amide bonds. The summed E-state index contributed by atoms with van der Waals surface area (Å²) in [6, 6.07) is 13.3. The maximum atomic E-state index is 12.3. The molecule has 0 fully saturated rings. The summed E-state index contributed by atoms with van der Waals surface area (Å²) >= 11 is 6.08. The maximum absolute atomic E-state index is 12.3. The first kappa shape index (κ1) is 20.1. The van der Waals surface area contributed by atoms with Gasteiger partial charge in [-0.2, -0.15) is 8.78 Å². The van der Waals surface area contributed by atoms with Gasteiger partial charge in [0, 0.05) is 18.1 Å². The van der Waals surface area contributed by atoms with E-state index in [0.717, 1.165) is 11.1 Å². The number of carbonyl (C=O) groups excluding carboxylic acids is 1. The number of nitrogens with zero attached hydrogens (tertiary/aromatic N) is 1. The quantitative estimate of drug-likeness (QED) is 0.748. The van der Waals surface area contributed by atoms with Gasteiger partial charge in [-0.3, -0.25) is 9.69 Å². The molecule has 0 heterocycles. The van der Waals surface area contributed by atoms with Crippen LogP contribution in [0.25, 0.3) is 0 Å². The third-order valence-corrected chi connectivity index (χ3v) is 4.40. The van der Waals surface area contributed by atoms with Crippen LogP contribution in [0.5, 0.6) is 5.75 Å². The summed E-state index contributed by atoms with van der Waals surface area (Å²) in [6.07, 6.45) is 0. The summed E-state index contributed by atoms with van der Waals surface area (Å²) in [7, 11) is 1.82. The summed E-state index contributed by atoms with van der Waals surface area (Å²) in [5.74, 6) is -0.0120. The Kier molecular flexibility index (Phi) is 7.36. The van der Waals surface area contributed by atoms with Crippen molar-refractivity contribution in [2.24, 2.45) is 0 Å². The van der Waals surface area contributed by atoms with Gasteiger partial charge in [0.2, 0.25) is 5.91 Å². The van der Waals surface area contributed by atoms with Crippen LogP contribution in [0.4, 0.5) is 8.78 Å². The van der Waals surface area contributed by atoms with Crippen molar-refractivity contribution in [2.75, 3.05) is 7.05 Å². The molecular weight excluding hydrogens is 362 g/mol. The lowest BCUT2D eigenvalue weighted by atomic mass is 10.1. The molecule has 1 atom stereocenters. The van der Waals surface area contributed by atoms with E-state index in [1.165, 1.54) is 12.1 Å². The van der Waals surface area contributed by atoms with Gasteiger partial charge in [-0.1, -0.05) is 41.9 Å². The van der Waals surface area contributed by atoms with Crippen LogP contribution in [0.1, 0.15) is 18.1 Å². The molecule has 0 aliphatic heterocycles. The largest absolute Gasteiger partial charge is 0.435 e. The van der Waals surface area contributed by atoms with Crippen molar-refractivity contribution in [3.63, 3.8) is 0 Å². The molecule has 1 unspecified atom stereocenters. The van der Waals surface area contributed by atoms with Gasteiger partial charge in [0.1, 0.15) is 5.75 Å². The number of nitrogens with one attached hydrogen (secondary N) is 1. The Morgan fingerprint density at radius 3 is 2.46 bits per heavy atom. The van der Waals surface area contributed by atoms with E-state index in [1.54, 1.807) is 25.1 Å². The number of benzene rings is 2. The molecule has 0 radical (unpaired) electrons. The van der Waals surface area contributed by atoms with Gasteiger partial charge in [0.15, 0.2) is 0 Å². The first-order valence-electron chi connectivity index (χ1n) is 8.12. The zero-order valence-corrected chi connectivity index (χ0v) is 15.3. The molecule has 0 aliphatic carbocycles. The average molecular weight is 383 g/mol. The number of likely N-dealkylation sites (N-methyl/N-ethyl adjacent to an activating group) is 1. The molecule has 0 spiro atoms. The first-order chi connectivity index (χ1) is 12.4. The van der Waals surface area contributed by atoms with E-state index in [0.29, 0.717) is 18.1 Å². The van der Waals surface area contributed by atoms with Gasteiger partial charge in [0.05, 0.1) is 6.04 Å². The average Bonchev–Trinajstić information content (AvgIpc) is 2.61. The molecule has 2 rings (SSSR count). The number of hydrogen-bond acceptors (Lipinski definition) is 3. The van der Waals surface area contributed by atoms with E-state index in [2.05, 4.69) is 10.1 Å². The van der Waals surface area contributed by atoms with E-state index < -0.39 is 6.61 Å². The standard InChI is InChI=1S/C19H21ClF2N2O2/c1-13(18(25)23-11-15-5-3-4-6-17(15)20)24(2)12-14-7-9-16(10-8-14)26-19(21)22/h3-10,13,19H,11-12H2,1-2H3,(H,23,25). The second-order valence-corrected chi connectivity index (χ2v) is 6.33. The Hall–Kier alpha value is -2.18. The van der Waals surface area contributed by atoms with Gasteiger partial charge in [-0.15, -0.1) is 0 Å². The van der Waals surface area contributed by atoms with E-state index >= 15 is 0 Å². The zero-order chi connectivity index (χ0) is 19.1. The predicted molar refractivity (Wildman–Crippen MR) is 97.3 cm³/mol. The molecule has 0 saturated carbocycles. The fourth-order valence-corrected chi connectivity index (χ4v) is 2.58. The molecule has 2 aromatic carbocycles. The fourth-order valence-electron chi connectivity index (χ4n) is 2.37. The van der Waals surface area contributed by atoms with Gasteiger partial charge >= 0.3 is 6.61 Å². The van der Waals surface area contributed by atoms with Gasteiger partial charge in [0.25, 0.3) is 0 Å². The van der Waals surface area contributed by atoms with Crippen LogP contribution >= 0.6 is 11.6 Å². The lowest BCUT2D eigenvalue weighted by Crippen LogP contribution is -2.42. The number of halogens is 3. The summed E-state index contributed by atoms with van der Waals surface area (Å²) in [5, 5.41) is 3.48. The lowest BCUT2D eigenvalue weighted by molar-refractivity contribution is -0.125. The molecule has 4 nitrogen and oxygen atoms in total. The van der Waals surface area contributed by atoms with Crippen LogP contribution in [-0.4, -0.2) is 30.5 Å². The summed E-state index contributed by atoms with van der Waals surface area (Å²) in [5.41, 5.74) is 1.74. The van der Waals surface area contributed by atoms with Gasteiger partial charge < -0.3 is 10.1 Å². The topological polar surface area (TPSA) is 41.6 Å². The van der Waals surface area contributed by atoms with E-state index in [1.807, 2.05) is 30.1 Å². The summed E-state index contributed by atoms with van der Waals surface area (Å²) in [4.78, 5) is 14.2. The lowest BCUT2D eigenvalue weighted by Gasteiger charge is -2.24. The first-order valence-corrected chi connectivity index (χ1v) is 8.49. The third-order valence-electron chi connectivity index (χ3n) is 4.03. The SMILES string of the molecule is CC(C(=O)NCc1ccccc1Cl)N(C)Cc1ccc(OC(F)F)cc1. The van der Waals surface area contributed by atoms with Crippen LogP contribution in [0.15, 0.2) is 48.5 Å². The molecule has 140 valence electrons. The number of carbonyl (C=O) groups is 1. The molecule has 0 saturated heterocycles. The Balaban J connectivity index is 1.86. The Morgan fingerprint density at radius 2 is 1.85 bits per heavy atom. The van der Waals surface area contributed by atoms with E-state index in [4.69, 9.17) is 11.6 Å². The second kappa shape index (κ2) is 9.50. The smallest absolute Gasteiger partial charge is 0.387 e. The number of amides is 1. The second-order valence-electron chi connectivity index (χ2n) is 5.92. The maximum Gasteiger partial charge on any atom is 0.387 e. The summed E-state index contributed by atoms with van der Waals surface area (Å²) in [6.45, 7) is -0.187. The minimum atomic E-state index is -2.84. The minimum Gasteiger partial charge on any atom is -0.435 e.